The van der Waals surface area contributed by atoms with Crippen molar-refractivity contribution >= 4 is 27.7 Å². The van der Waals surface area contributed by atoms with Gasteiger partial charge in [-0.25, -0.2) is 9.78 Å². The number of amides is 1. The number of nitrogens with zero attached hydrogens (tertiary/aromatic N) is 2. The van der Waals surface area contributed by atoms with Gasteiger partial charge in [0.05, 0.1) is 23.0 Å². The molecule has 0 radical (unpaired) electrons. The van der Waals surface area contributed by atoms with Crippen molar-refractivity contribution in [2.75, 3.05) is 12.3 Å². The van der Waals surface area contributed by atoms with Gasteiger partial charge in [-0.3, -0.25) is 4.90 Å². The predicted octanol–water partition coefficient (Wildman–Crippen LogP) is 3.49. The standard InChI is InChI=1S/C17H22BrN3O2/c1-11-13(14(19)10-15(18)20-11)8-7-12-6-5-9-21(12)16(22)23-17(2,3)4/h10,12H,5-6,9H2,1-4H3,(H2,19,20)/t12-/m1/s1. The van der Waals surface area contributed by atoms with Crippen LogP contribution in [0.1, 0.15) is 44.9 Å². The highest BCUT2D eigenvalue weighted by atomic mass is 79.9. The minimum absolute atomic E-state index is 0.146. The normalized spacial score (nSPS) is 17.6. The van der Waals surface area contributed by atoms with E-state index in [1.807, 2.05) is 27.7 Å². The number of rotatable bonds is 0. The molecule has 0 aliphatic carbocycles. The van der Waals surface area contributed by atoms with Crippen LogP contribution >= 0.6 is 15.9 Å². The number of ether oxygens (including phenoxy) is 1. The van der Waals surface area contributed by atoms with E-state index in [2.05, 4.69) is 32.8 Å². The summed E-state index contributed by atoms with van der Waals surface area (Å²) in [4.78, 5) is 18.3. The van der Waals surface area contributed by atoms with Gasteiger partial charge in [0.2, 0.25) is 0 Å². The quantitative estimate of drug-likeness (QED) is 0.553. The van der Waals surface area contributed by atoms with Gasteiger partial charge in [0, 0.05) is 6.54 Å². The van der Waals surface area contributed by atoms with Gasteiger partial charge in [-0.1, -0.05) is 11.8 Å². The fraction of sp³-hybridized carbons (Fsp3) is 0.529. The lowest BCUT2D eigenvalue weighted by Gasteiger charge is -2.26. The lowest BCUT2D eigenvalue weighted by molar-refractivity contribution is 0.0261. The molecule has 1 atom stereocenters. The van der Waals surface area contributed by atoms with Crippen LogP contribution in [0.25, 0.3) is 0 Å². The molecule has 2 heterocycles. The SMILES string of the molecule is Cc1nc(Br)cc(N)c1C#C[C@H]1CCCN1C(=O)OC(C)(C)C. The third-order valence-electron chi connectivity index (χ3n) is 3.44. The Bertz CT molecular complexity index is 648. The van der Waals surface area contributed by atoms with E-state index in [0.717, 1.165) is 18.5 Å². The zero-order valence-electron chi connectivity index (χ0n) is 13.9. The number of likely N-dealkylation sites (tertiary alicyclic amines) is 1. The number of hydrogen-bond acceptors (Lipinski definition) is 4. The first-order valence-electron chi connectivity index (χ1n) is 7.61. The Morgan fingerprint density at radius 1 is 1.52 bits per heavy atom. The Morgan fingerprint density at radius 2 is 2.22 bits per heavy atom. The van der Waals surface area contributed by atoms with E-state index in [1.165, 1.54) is 0 Å². The molecule has 0 saturated carbocycles. The number of pyridine rings is 1. The molecule has 1 aromatic heterocycles. The summed E-state index contributed by atoms with van der Waals surface area (Å²) in [6.45, 7) is 8.12. The summed E-state index contributed by atoms with van der Waals surface area (Å²) in [5.74, 6) is 6.25. The molecule has 1 amide bonds. The molecule has 1 aliphatic rings. The van der Waals surface area contributed by atoms with Crippen molar-refractivity contribution in [2.24, 2.45) is 0 Å². The molecule has 0 bridgehead atoms. The zero-order valence-corrected chi connectivity index (χ0v) is 15.5. The molecular weight excluding hydrogens is 358 g/mol. The van der Waals surface area contributed by atoms with Crippen LogP contribution in [-0.2, 0) is 4.74 Å². The van der Waals surface area contributed by atoms with Crippen molar-refractivity contribution in [1.82, 2.24) is 9.88 Å². The maximum Gasteiger partial charge on any atom is 0.411 e. The molecule has 1 saturated heterocycles. The van der Waals surface area contributed by atoms with E-state index < -0.39 is 5.60 Å². The number of carbonyl (C=O) groups excluding carboxylic acids is 1. The molecule has 6 heteroatoms. The maximum atomic E-state index is 12.3. The highest BCUT2D eigenvalue weighted by Gasteiger charge is 2.31. The van der Waals surface area contributed by atoms with Gasteiger partial charge in [-0.05, 0) is 62.5 Å². The van der Waals surface area contributed by atoms with Crippen LogP contribution in [0, 0.1) is 18.8 Å². The van der Waals surface area contributed by atoms with Crippen molar-refractivity contribution in [1.29, 1.82) is 0 Å². The van der Waals surface area contributed by atoms with Crippen LogP contribution in [0.4, 0.5) is 10.5 Å². The first-order valence-corrected chi connectivity index (χ1v) is 8.40. The molecule has 2 N–H and O–H groups in total. The summed E-state index contributed by atoms with van der Waals surface area (Å²) >= 11 is 3.31. The van der Waals surface area contributed by atoms with Gasteiger partial charge in [0.25, 0.3) is 0 Å². The predicted molar refractivity (Wildman–Crippen MR) is 93.9 cm³/mol. The van der Waals surface area contributed by atoms with Gasteiger partial charge in [-0.15, -0.1) is 0 Å². The van der Waals surface area contributed by atoms with Crippen molar-refractivity contribution in [3.63, 3.8) is 0 Å². The Kier molecular flexibility index (Phi) is 5.20. The van der Waals surface area contributed by atoms with Crippen LogP contribution in [0.3, 0.4) is 0 Å². The third kappa shape index (κ3) is 4.61. The number of nitrogen functional groups attached to an aromatic ring is 1. The first-order chi connectivity index (χ1) is 10.7. The highest BCUT2D eigenvalue weighted by molar-refractivity contribution is 9.10. The number of halogens is 1. The van der Waals surface area contributed by atoms with Crippen molar-refractivity contribution in [3.8, 4) is 11.8 Å². The van der Waals surface area contributed by atoms with Crippen LogP contribution < -0.4 is 5.73 Å². The second-order valence-electron chi connectivity index (χ2n) is 6.60. The zero-order chi connectivity index (χ0) is 17.2. The van der Waals surface area contributed by atoms with Gasteiger partial charge in [0.1, 0.15) is 10.2 Å². The van der Waals surface area contributed by atoms with E-state index in [0.29, 0.717) is 22.4 Å². The lowest BCUT2D eigenvalue weighted by Crippen LogP contribution is -2.39. The topological polar surface area (TPSA) is 68.5 Å². The smallest absolute Gasteiger partial charge is 0.411 e. The van der Waals surface area contributed by atoms with E-state index in [9.17, 15) is 4.79 Å². The van der Waals surface area contributed by atoms with Crippen molar-refractivity contribution < 1.29 is 9.53 Å². The molecule has 1 aromatic rings. The number of nitrogens with two attached hydrogens (primary N) is 1. The third-order valence-corrected chi connectivity index (χ3v) is 3.85. The number of anilines is 1. The van der Waals surface area contributed by atoms with E-state index in [1.54, 1.807) is 11.0 Å². The minimum Gasteiger partial charge on any atom is -0.444 e. The highest BCUT2D eigenvalue weighted by Crippen LogP contribution is 2.22. The molecule has 0 aromatic carbocycles. The molecule has 124 valence electrons. The summed E-state index contributed by atoms with van der Waals surface area (Å²) in [6.07, 6.45) is 1.45. The molecule has 1 aliphatic heterocycles. The van der Waals surface area contributed by atoms with E-state index in [-0.39, 0.29) is 12.1 Å². The Hall–Kier alpha value is -1.74. The van der Waals surface area contributed by atoms with Gasteiger partial charge in [-0.2, -0.15) is 0 Å². The summed E-state index contributed by atoms with van der Waals surface area (Å²) in [7, 11) is 0. The summed E-state index contributed by atoms with van der Waals surface area (Å²) in [6, 6.07) is 1.59. The van der Waals surface area contributed by atoms with Crippen molar-refractivity contribution in [3.05, 3.63) is 21.9 Å². The largest absolute Gasteiger partial charge is 0.444 e. The van der Waals surface area contributed by atoms with Crippen LogP contribution in [0.2, 0.25) is 0 Å². The molecule has 0 spiro atoms. The van der Waals surface area contributed by atoms with Crippen LogP contribution in [0.5, 0.6) is 0 Å². The summed E-state index contributed by atoms with van der Waals surface area (Å²) in [5, 5.41) is 0. The lowest BCUT2D eigenvalue weighted by atomic mass is 10.1. The molecule has 23 heavy (non-hydrogen) atoms. The monoisotopic (exact) mass is 379 g/mol. The molecule has 0 unspecified atom stereocenters. The van der Waals surface area contributed by atoms with E-state index in [4.69, 9.17) is 10.5 Å². The average Bonchev–Trinajstić information content (AvgIpc) is 2.83. The van der Waals surface area contributed by atoms with Gasteiger partial charge < -0.3 is 10.5 Å². The number of hydrogen-bond donors (Lipinski definition) is 1. The second kappa shape index (κ2) is 6.79. The Morgan fingerprint density at radius 3 is 2.83 bits per heavy atom. The number of aromatic nitrogens is 1. The summed E-state index contributed by atoms with van der Waals surface area (Å²) < 4.78 is 6.13. The maximum absolute atomic E-state index is 12.3. The number of aryl methyl sites for hydroxylation is 1. The van der Waals surface area contributed by atoms with Crippen LogP contribution in [-0.4, -0.2) is 34.2 Å². The summed E-state index contributed by atoms with van der Waals surface area (Å²) in [5.41, 5.74) is 7.57. The second-order valence-corrected chi connectivity index (χ2v) is 7.41. The number of carbonyl (C=O) groups is 1. The fourth-order valence-corrected chi connectivity index (χ4v) is 2.94. The van der Waals surface area contributed by atoms with Gasteiger partial charge >= 0.3 is 6.09 Å². The van der Waals surface area contributed by atoms with E-state index >= 15 is 0 Å². The average molecular weight is 380 g/mol. The Labute approximate surface area is 145 Å². The fourth-order valence-electron chi connectivity index (χ4n) is 2.43. The van der Waals surface area contributed by atoms with Crippen LogP contribution in [0.15, 0.2) is 10.7 Å². The minimum atomic E-state index is -0.506. The first kappa shape index (κ1) is 17.6. The molecule has 2 rings (SSSR count). The molecule has 1 fully saturated rings. The molecule has 5 nitrogen and oxygen atoms in total. The molecular formula is C17H22BrN3O2. The van der Waals surface area contributed by atoms with Crippen molar-refractivity contribution in [2.45, 2.75) is 52.2 Å². The Balaban J connectivity index is 2.19. The van der Waals surface area contributed by atoms with Gasteiger partial charge in [0.15, 0.2) is 0 Å².